The molecule has 1 fully saturated rings. The van der Waals surface area contributed by atoms with Crippen LogP contribution in [-0.2, 0) is 15.0 Å². The van der Waals surface area contributed by atoms with Gasteiger partial charge in [0.15, 0.2) is 0 Å². The summed E-state index contributed by atoms with van der Waals surface area (Å²) in [5, 5.41) is 0. The maximum absolute atomic E-state index is 11.7. The van der Waals surface area contributed by atoms with Crippen LogP contribution in [0.1, 0.15) is 33.1 Å². The zero-order valence-corrected chi connectivity index (χ0v) is 11.2. The second-order valence-electron chi connectivity index (χ2n) is 4.54. The minimum absolute atomic E-state index is 0.154. The molecule has 0 aromatic carbocycles. The normalized spacial score (nSPS) is 17.5. The first-order valence-corrected chi connectivity index (χ1v) is 7.44. The van der Waals surface area contributed by atoms with Crippen molar-refractivity contribution >= 4 is 16.1 Å². The van der Waals surface area contributed by atoms with E-state index in [0.717, 1.165) is 32.4 Å². The van der Waals surface area contributed by atoms with Gasteiger partial charge in [0, 0.05) is 19.1 Å². The second kappa shape index (κ2) is 6.32. The van der Waals surface area contributed by atoms with Gasteiger partial charge in [0.05, 0.1) is 6.54 Å². The highest BCUT2D eigenvalue weighted by atomic mass is 32.2. The molecule has 0 spiro atoms. The van der Waals surface area contributed by atoms with Crippen molar-refractivity contribution in [1.82, 2.24) is 14.3 Å². The zero-order valence-electron chi connectivity index (χ0n) is 10.4. The molecule has 1 heterocycles. The van der Waals surface area contributed by atoms with Crippen LogP contribution in [0.15, 0.2) is 0 Å². The van der Waals surface area contributed by atoms with Gasteiger partial charge in [0.2, 0.25) is 5.91 Å². The molecule has 1 aliphatic rings. The summed E-state index contributed by atoms with van der Waals surface area (Å²) in [6.45, 7) is 4.76. The van der Waals surface area contributed by atoms with Gasteiger partial charge in [-0.1, -0.05) is 0 Å². The Morgan fingerprint density at radius 1 is 1.24 bits per heavy atom. The van der Waals surface area contributed by atoms with Crippen LogP contribution in [0, 0.1) is 0 Å². The van der Waals surface area contributed by atoms with Gasteiger partial charge < -0.3 is 4.90 Å². The van der Waals surface area contributed by atoms with Crippen LogP contribution in [0.4, 0.5) is 0 Å². The Morgan fingerprint density at radius 3 is 2.35 bits per heavy atom. The summed E-state index contributed by atoms with van der Waals surface area (Å²) >= 11 is 0. The lowest BCUT2D eigenvalue weighted by Crippen LogP contribution is -2.46. The summed E-state index contributed by atoms with van der Waals surface area (Å²) in [6.07, 6.45) is 3.15. The Bertz CT molecular complexity index is 348. The molecule has 1 rings (SSSR count). The van der Waals surface area contributed by atoms with Gasteiger partial charge in [-0.25, -0.2) is 0 Å². The topological polar surface area (TPSA) is 78.5 Å². The molecule has 0 atom stereocenters. The van der Waals surface area contributed by atoms with Crippen LogP contribution < -0.4 is 9.44 Å². The molecule has 1 saturated heterocycles. The maximum atomic E-state index is 11.7. The molecule has 0 aliphatic carbocycles. The molecule has 6 nitrogen and oxygen atoms in total. The van der Waals surface area contributed by atoms with Crippen molar-refractivity contribution in [2.75, 3.05) is 19.6 Å². The predicted molar refractivity (Wildman–Crippen MR) is 65.6 cm³/mol. The first-order valence-electron chi connectivity index (χ1n) is 5.95. The van der Waals surface area contributed by atoms with E-state index in [-0.39, 0.29) is 18.5 Å². The molecular formula is C10H21N3O3S. The molecule has 1 amide bonds. The Balaban J connectivity index is 2.36. The van der Waals surface area contributed by atoms with E-state index in [1.54, 1.807) is 18.7 Å². The summed E-state index contributed by atoms with van der Waals surface area (Å²) in [7, 11) is -3.56. The molecule has 0 bridgehead atoms. The van der Waals surface area contributed by atoms with Gasteiger partial charge in [-0.3, -0.25) is 4.79 Å². The van der Waals surface area contributed by atoms with Crippen molar-refractivity contribution in [2.45, 2.75) is 39.2 Å². The lowest BCUT2D eigenvalue weighted by atomic mass is 10.1. The lowest BCUT2D eigenvalue weighted by Gasteiger charge is -2.26. The number of carbonyl (C=O) groups excluding carboxylic acids is 1. The quantitative estimate of drug-likeness (QED) is 0.723. The second-order valence-corrected chi connectivity index (χ2v) is 6.07. The highest BCUT2D eigenvalue weighted by Gasteiger charge is 2.19. The first kappa shape index (κ1) is 14.4. The molecule has 7 heteroatoms. The first-order chi connectivity index (χ1) is 7.91. The third-order valence-electron chi connectivity index (χ3n) is 2.51. The third kappa shape index (κ3) is 5.47. The lowest BCUT2D eigenvalue weighted by molar-refractivity contribution is -0.130. The van der Waals surface area contributed by atoms with E-state index in [4.69, 9.17) is 0 Å². The predicted octanol–water partition coefficient (Wildman–Crippen LogP) is -0.169. The summed E-state index contributed by atoms with van der Waals surface area (Å²) < 4.78 is 27.5. The largest absolute Gasteiger partial charge is 0.342 e. The van der Waals surface area contributed by atoms with E-state index >= 15 is 0 Å². The number of hydrogen-bond donors (Lipinski definition) is 2. The van der Waals surface area contributed by atoms with Crippen LogP contribution >= 0.6 is 0 Å². The standard InChI is InChI=1S/C10H21N3O3S/c1-9(2)12-17(15,16)11-8-10(14)13-6-4-3-5-7-13/h9,11-12H,3-8H2,1-2H3. The molecule has 0 radical (unpaired) electrons. The van der Waals surface area contributed by atoms with Gasteiger partial charge in [0.1, 0.15) is 0 Å². The Kier molecular flexibility index (Phi) is 5.35. The summed E-state index contributed by atoms with van der Waals surface area (Å²) in [6, 6.07) is -0.183. The minimum atomic E-state index is -3.56. The highest BCUT2D eigenvalue weighted by molar-refractivity contribution is 7.87. The van der Waals surface area contributed by atoms with Crippen LogP contribution in [0.25, 0.3) is 0 Å². The number of nitrogens with one attached hydrogen (secondary N) is 2. The minimum Gasteiger partial charge on any atom is -0.342 e. The fourth-order valence-corrected chi connectivity index (χ4v) is 2.78. The van der Waals surface area contributed by atoms with E-state index < -0.39 is 10.2 Å². The van der Waals surface area contributed by atoms with E-state index in [0.29, 0.717) is 0 Å². The molecule has 0 unspecified atom stereocenters. The molecule has 1 aliphatic heterocycles. The molecule has 100 valence electrons. The van der Waals surface area contributed by atoms with Gasteiger partial charge in [-0.05, 0) is 33.1 Å². The fourth-order valence-electron chi connectivity index (χ4n) is 1.76. The number of nitrogens with zero attached hydrogens (tertiary/aromatic N) is 1. The van der Waals surface area contributed by atoms with Crippen LogP contribution in [0.3, 0.4) is 0 Å². The number of hydrogen-bond acceptors (Lipinski definition) is 3. The molecule has 0 aromatic rings. The maximum Gasteiger partial charge on any atom is 0.277 e. The molecule has 0 aromatic heterocycles. The van der Waals surface area contributed by atoms with E-state index in [1.807, 2.05) is 0 Å². The average molecular weight is 263 g/mol. The van der Waals surface area contributed by atoms with Crippen molar-refractivity contribution in [3.63, 3.8) is 0 Å². The number of amides is 1. The third-order valence-corrected chi connectivity index (χ3v) is 3.82. The Hall–Kier alpha value is -0.660. The summed E-state index contributed by atoms with van der Waals surface area (Å²) in [5.74, 6) is -0.154. The van der Waals surface area contributed by atoms with Crippen molar-refractivity contribution in [1.29, 1.82) is 0 Å². The van der Waals surface area contributed by atoms with Crippen molar-refractivity contribution in [3.8, 4) is 0 Å². The summed E-state index contributed by atoms with van der Waals surface area (Å²) in [5.41, 5.74) is 0. The summed E-state index contributed by atoms with van der Waals surface area (Å²) in [4.78, 5) is 13.4. The molecular weight excluding hydrogens is 242 g/mol. The van der Waals surface area contributed by atoms with Crippen LogP contribution in [0.5, 0.6) is 0 Å². The van der Waals surface area contributed by atoms with Crippen molar-refractivity contribution < 1.29 is 13.2 Å². The highest BCUT2D eigenvalue weighted by Crippen LogP contribution is 2.08. The van der Waals surface area contributed by atoms with Crippen LogP contribution in [-0.4, -0.2) is 44.9 Å². The number of carbonyl (C=O) groups is 1. The number of likely N-dealkylation sites (tertiary alicyclic amines) is 1. The Morgan fingerprint density at radius 2 is 1.82 bits per heavy atom. The van der Waals surface area contributed by atoms with E-state index in [1.165, 1.54) is 0 Å². The number of rotatable bonds is 5. The fraction of sp³-hybridized carbons (Fsp3) is 0.900. The zero-order chi connectivity index (χ0) is 12.9. The van der Waals surface area contributed by atoms with Gasteiger partial charge in [-0.2, -0.15) is 17.9 Å². The van der Waals surface area contributed by atoms with Gasteiger partial charge in [0.25, 0.3) is 10.2 Å². The van der Waals surface area contributed by atoms with E-state index in [9.17, 15) is 13.2 Å². The van der Waals surface area contributed by atoms with E-state index in [2.05, 4.69) is 9.44 Å². The monoisotopic (exact) mass is 263 g/mol. The number of piperidine rings is 1. The SMILES string of the molecule is CC(C)NS(=O)(=O)NCC(=O)N1CCCCC1. The molecule has 2 N–H and O–H groups in total. The smallest absolute Gasteiger partial charge is 0.277 e. The van der Waals surface area contributed by atoms with Gasteiger partial charge >= 0.3 is 0 Å². The molecule has 0 saturated carbocycles. The van der Waals surface area contributed by atoms with Crippen molar-refractivity contribution in [3.05, 3.63) is 0 Å². The average Bonchev–Trinajstić information content (AvgIpc) is 2.25. The van der Waals surface area contributed by atoms with Crippen molar-refractivity contribution in [2.24, 2.45) is 0 Å². The van der Waals surface area contributed by atoms with Gasteiger partial charge in [-0.15, -0.1) is 0 Å². The Labute approximate surface area is 103 Å². The van der Waals surface area contributed by atoms with Crippen LogP contribution in [0.2, 0.25) is 0 Å². The molecule has 17 heavy (non-hydrogen) atoms.